The minimum Gasteiger partial charge on any atom is -0.477 e. The Morgan fingerprint density at radius 2 is 1.27 bits per heavy atom. The van der Waals surface area contributed by atoms with E-state index < -0.39 is 147 Å². The highest BCUT2D eigenvalue weighted by molar-refractivity contribution is 5.76. The van der Waals surface area contributed by atoms with E-state index in [-0.39, 0.29) is 0 Å². The first-order valence-electron chi connectivity index (χ1n) is 15.2. The van der Waals surface area contributed by atoms with Crippen LogP contribution in [0.15, 0.2) is 0 Å². The summed E-state index contributed by atoms with van der Waals surface area (Å²) in [6, 6.07) is -4.71. The SMILES string of the molecule is CC(=O)N[C@H]1[C@H](O[C@H]2CC(O)(C(=O)O)O[C@@H]([C@H](O)[C@H](O)CO)[C@@H]2NC(C)=O)O[C@H](CO)[C@@H](O[C@@H]2O[C@H](CO)[C@@H](O)[C@H](O)[C@H]2NC(C)=O)[C@@H]1O. The van der Waals surface area contributed by atoms with Crippen LogP contribution in [0.5, 0.6) is 0 Å². The van der Waals surface area contributed by atoms with Crippen LogP contribution in [-0.2, 0) is 42.9 Å². The van der Waals surface area contributed by atoms with Gasteiger partial charge >= 0.3 is 5.97 Å². The molecular weight excluding hydrogens is 670 g/mol. The lowest BCUT2D eigenvalue weighted by Gasteiger charge is -2.50. The van der Waals surface area contributed by atoms with Crippen molar-refractivity contribution in [2.75, 3.05) is 19.8 Å². The topological polar surface area (TPSA) is 353 Å². The second-order valence-electron chi connectivity index (χ2n) is 12.0. The van der Waals surface area contributed by atoms with Crippen molar-refractivity contribution in [3.05, 3.63) is 0 Å². The number of amides is 3. The van der Waals surface area contributed by atoms with Gasteiger partial charge in [0.1, 0.15) is 67.0 Å². The van der Waals surface area contributed by atoms with Gasteiger partial charge in [0.15, 0.2) is 12.6 Å². The summed E-state index contributed by atoms with van der Waals surface area (Å²) in [6.45, 7) is 0.365. The molecule has 282 valence electrons. The van der Waals surface area contributed by atoms with E-state index in [1.165, 1.54) is 0 Å². The Hall–Kier alpha value is -2.68. The normalized spacial score (nSPS) is 40.9. The van der Waals surface area contributed by atoms with Gasteiger partial charge in [0.2, 0.25) is 17.7 Å². The molecule has 3 aliphatic heterocycles. The maximum atomic E-state index is 12.3. The molecule has 0 bridgehead atoms. The summed E-state index contributed by atoms with van der Waals surface area (Å²) in [5.74, 6) is -7.35. The predicted molar refractivity (Wildman–Crippen MR) is 153 cm³/mol. The molecule has 0 aromatic rings. The van der Waals surface area contributed by atoms with Gasteiger partial charge in [0.25, 0.3) is 5.79 Å². The van der Waals surface area contributed by atoms with Crippen molar-refractivity contribution >= 4 is 23.7 Å². The Morgan fingerprint density at radius 3 is 1.76 bits per heavy atom. The minimum atomic E-state index is -3.12. The first-order chi connectivity index (χ1) is 22.9. The second kappa shape index (κ2) is 17.0. The third-order valence-corrected chi connectivity index (χ3v) is 8.26. The fraction of sp³-hybridized carbons (Fsp3) is 0.852. The monoisotopic (exact) mass is 715 g/mol. The molecule has 0 aromatic heterocycles. The van der Waals surface area contributed by atoms with Crippen LogP contribution in [0.4, 0.5) is 0 Å². The summed E-state index contributed by atoms with van der Waals surface area (Å²) in [5, 5.41) is 110. The molecule has 0 aliphatic carbocycles. The zero-order chi connectivity index (χ0) is 37.0. The van der Waals surface area contributed by atoms with Crippen LogP contribution in [0.2, 0.25) is 0 Å². The number of carbonyl (C=O) groups is 4. The number of aliphatic hydroxyl groups excluding tert-OH is 8. The molecule has 0 saturated carbocycles. The van der Waals surface area contributed by atoms with Crippen LogP contribution < -0.4 is 16.0 Å². The van der Waals surface area contributed by atoms with Gasteiger partial charge in [-0.1, -0.05) is 0 Å². The average molecular weight is 716 g/mol. The summed E-state index contributed by atoms with van der Waals surface area (Å²) in [4.78, 5) is 48.4. The molecule has 0 spiro atoms. The van der Waals surface area contributed by atoms with Crippen molar-refractivity contribution in [1.82, 2.24) is 16.0 Å². The van der Waals surface area contributed by atoms with Gasteiger partial charge in [-0.3, -0.25) is 14.4 Å². The van der Waals surface area contributed by atoms with Crippen molar-refractivity contribution in [3.8, 4) is 0 Å². The van der Waals surface area contributed by atoms with E-state index in [1.807, 2.05) is 0 Å². The number of rotatable bonds is 13. The van der Waals surface area contributed by atoms with Gasteiger partial charge in [-0.15, -0.1) is 0 Å². The first kappa shape index (κ1) is 40.7. The minimum absolute atomic E-state index is 0.693. The van der Waals surface area contributed by atoms with E-state index in [0.717, 1.165) is 20.8 Å². The Kier molecular flexibility index (Phi) is 14.2. The number of ether oxygens (including phenoxy) is 5. The zero-order valence-corrected chi connectivity index (χ0v) is 26.6. The Morgan fingerprint density at radius 1 is 0.776 bits per heavy atom. The lowest BCUT2D eigenvalue weighted by Crippen LogP contribution is -2.71. The fourth-order valence-corrected chi connectivity index (χ4v) is 5.90. The lowest BCUT2D eigenvalue weighted by atomic mass is 9.88. The van der Waals surface area contributed by atoms with Gasteiger partial charge < -0.3 is 90.7 Å². The molecule has 3 saturated heterocycles. The van der Waals surface area contributed by atoms with Crippen LogP contribution in [0.3, 0.4) is 0 Å². The van der Waals surface area contributed by atoms with Crippen LogP contribution in [0.25, 0.3) is 0 Å². The third kappa shape index (κ3) is 9.36. The van der Waals surface area contributed by atoms with Crippen molar-refractivity contribution in [2.45, 2.75) is 125 Å². The highest BCUT2D eigenvalue weighted by Gasteiger charge is 2.57. The third-order valence-electron chi connectivity index (χ3n) is 8.26. The molecule has 22 nitrogen and oxygen atoms in total. The molecule has 16 atom stereocenters. The van der Waals surface area contributed by atoms with Crippen LogP contribution in [-0.4, -0.2) is 192 Å². The number of hydrogen-bond donors (Lipinski definition) is 13. The number of aliphatic hydroxyl groups is 9. The van der Waals surface area contributed by atoms with E-state index in [0.29, 0.717) is 0 Å². The zero-order valence-electron chi connectivity index (χ0n) is 26.6. The molecule has 0 radical (unpaired) electrons. The van der Waals surface area contributed by atoms with Crippen LogP contribution >= 0.6 is 0 Å². The highest BCUT2D eigenvalue weighted by Crippen LogP contribution is 2.36. The molecule has 22 heteroatoms. The summed E-state index contributed by atoms with van der Waals surface area (Å²) in [5.41, 5.74) is 0. The Bertz CT molecular complexity index is 1170. The molecule has 0 aromatic carbocycles. The molecule has 3 rings (SSSR count). The van der Waals surface area contributed by atoms with Crippen molar-refractivity contribution in [1.29, 1.82) is 0 Å². The number of hydrogen-bond acceptors (Lipinski definition) is 18. The average Bonchev–Trinajstić information content (AvgIpc) is 3.03. The van der Waals surface area contributed by atoms with Gasteiger partial charge in [-0.2, -0.15) is 0 Å². The van der Waals surface area contributed by atoms with Crippen LogP contribution in [0.1, 0.15) is 27.2 Å². The van der Waals surface area contributed by atoms with Gasteiger partial charge in [-0.05, 0) is 0 Å². The Balaban J connectivity index is 2.00. The summed E-state index contributed by atoms with van der Waals surface area (Å²) >= 11 is 0. The fourth-order valence-electron chi connectivity index (χ4n) is 5.90. The number of carboxylic acids is 1. The summed E-state index contributed by atoms with van der Waals surface area (Å²) < 4.78 is 28.4. The number of aliphatic carboxylic acids is 1. The first-order valence-corrected chi connectivity index (χ1v) is 15.2. The number of carboxylic acid groups (broad SMARTS) is 1. The molecule has 49 heavy (non-hydrogen) atoms. The predicted octanol–water partition coefficient (Wildman–Crippen LogP) is -7.94. The largest absolute Gasteiger partial charge is 0.477 e. The van der Waals surface area contributed by atoms with E-state index in [9.17, 15) is 70.2 Å². The summed E-state index contributed by atoms with van der Waals surface area (Å²) in [6.07, 6.45) is -22.3. The molecule has 3 heterocycles. The van der Waals surface area contributed by atoms with Crippen molar-refractivity contribution in [2.24, 2.45) is 0 Å². The van der Waals surface area contributed by atoms with E-state index in [4.69, 9.17) is 23.7 Å². The van der Waals surface area contributed by atoms with E-state index in [2.05, 4.69) is 16.0 Å². The Labute approximate surface area is 278 Å². The van der Waals surface area contributed by atoms with Crippen molar-refractivity contribution in [3.63, 3.8) is 0 Å². The van der Waals surface area contributed by atoms with Gasteiger partial charge in [-0.25, -0.2) is 4.79 Å². The smallest absolute Gasteiger partial charge is 0.364 e. The molecule has 3 aliphatic rings. The molecule has 1 unspecified atom stereocenters. The summed E-state index contributed by atoms with van der Waals surface area (Å²) in [7, 11) is 0. The quantitative estimate of drug-likeness (QED) is 0.0842. The molecular formula is C27H45N3O19. The van der Waals surface area contributed by atoms with Gasteiger partial charge in [0.05, 0.1) is 32.0 Å². The lowest BCUT2D eigenvalue weighted by molar-refractivity contribution is -0.349. The maximum Gasteiger partial charge on any atom is 0.364 e. The number of nitrogens with one attached hydrogen (secondary N) is 3. The van der Waals surface area contributed by atoms with Crippen molar-refractivity contribution < 1.29 is 93.9 Å². The van der Waals surface area contributed by atoms with Gasteiger partial charge in [0, 0.05) is 27.2 Å². The second-order valence-corrected chi connectivity index (χ2v) is 12.0. The maximum absolute atomic E-state index is 12.3. The highest BCUT2D eigenvalue weighted by atomic mass is 16.7. The molecule has 13 N–H and O–H groups in total. The molecule has 3 fully saturated rings. The van der Waals surface area contributed by atoms with E-state index in [1.54, 1.807) is 0 Å². The molecule has 3 amide bonds. The van der Waals surface area contributed by atoms with Crippen LogP contribution in [0, 0.1) is 0 Å². The standard InChI is InChI=1S/C27H45N3O19/c1-8(34)28-15-12(4-27(44,26(42)43)49-23(15)18(38)11(37)5-31)45-24-17(30-10(3)36)21(41)22(14(7-33)47-24)48-25-16(29-9(2)35)20(40)19(39)13(6-32)46-25/h11-25,31-33,37-41,44H,4-7H2,1-3H3,(H,28,34)(H,29,35)(H,30,36)(H,42,43)/t11-,12+,13-,14-,15-,16-,17-,18-,19-,20-,21-,22-,23-,24-,25+,27?/m1/s1. The van der Waals surface area contributed by atoms with E-state index >= 15 is 0 Å². The number of carbonyl (C=O) groups excluding carboxylic acids is 3.